The van der Waals surface area contributed by atoms with Crippen LogP contribution in [0.1, 0.15) is 36.5 Å². The molecule has 1 aliphatic carbocycles. The van der Waals surface area contributed by atoms with E-state index in [1.54, 1.807) is 19.1 Å². The maximum atomic E-state index is 11.8. The van der Waals surface area contributed by atoms with Crippen LogP contribution < -0.4 is 5.43 Å². The molecule has 2 N–H and O–H groups in total. The number of rotatable bonds is 5. The van der Waals surface area contributed by atoms with Gasteiger partial charge in [-0.05, 0) is 50.5 Å². The number of carbonyl (C=O) groups is 2. The number of anilines is 1. The fourth-order valence-corrected chi connectivity index (χ4v) is 2.28. The summed E-state index contributed by atoms with van der Waals surface area (Å²) in [5, 5.41) is 13.1. The van der Waals surface area contributed by atoms with Crippen LogP contribution >= 0.6 is 0 Å². The van der Waals surface area contributed by atoms with Crippen LogP contribution in [0.2, 0.25) is 0 Å². The van der Waals surface area contributed by atoms with Crippen molar-refractivity contribution in [2.45, 2.75) is 26.2 Å². The highest BCUT2D eigenvalue weighted by Gasteiger charge is 2.30. The normalized spacial score (nSPS) is 19.5. The molecule has 1 aliphatic rings. The summed E-state index contributed by atoms with van der Waals surface area (Å²) in [5.41, 5.74) is 4.56. The molecule has 6 nitrogen and oxygen atoms in total. The van der Waals surface area contributed by atoms with E-state index in [-0.39, 0.29) is 17.5 Å². The summed E-state index contributed by atoms with van der Waals surface area (Å²) in [4.78, 5) is 22.5. The Labute approximate surface area is 122 Å². The number of ether oxygens (including phenoxy) is 1. The van der Waals surface area contributed by atoms with Gasteiger partial charge < -0.3 is 9.84 Å². The van der Waals surface area contributed by atoms with E-state index >= 15 is 0 Å². The molecule has 0 radical (unpaired) electrons. The number of carboxylic acids is 1. The van der Waals surface area contributed by atoms with E-state index in [1.807, 2.05) is 0 Å². The van der Waals surface area contributed by atoms with Crippen molar-refractivity contribution < 1.29 is 19.4 Å². The first-order valence-corrected chi connectivity index (χ1v) is 6.94. The number of nitrogens with zero attached hydrogens (tertiary/aromatic N) is 1. The lowest BCUT2D eigenvalue weighted by Crippen LogP contribution is -2.22. The zero-order valence-corrected chi connectivity index (χ0v) is 11.8. The fraction of sp³-hybridized carbons (Fsp3) is 0.400. The van der Waals surface area contributed by atoms with Gasteiger partial charge in [0.2, 0.25) is 0 Å². The quantitative estimate of drug-likeness (QED) is 0.642. The molecule has 1 unspecified atom stereocenters. The minimum atomic E-state index is -0.967. The Morgan fingerprint density at radius 3 is 2.71 bits per heavy atom. The lowest BCUT2D eigenvalue weighted by Gasteiger charge is -2.10. The molecular weight excluding hydrogens is 272 g/mol. The number of hydrogen-bond acceptors (Lipinski definition) is 5. The predicted molar refractivity (Wildman–Crippen MR) is 78.4 cm³/mol. The van der Waals surface area contributed by atoms with Crippen molar-refractivity contribution in [2.75, 3.05) is 12.0 Å². The Morgan fingerprint density at radius 1 is 1.38 bits per heavy atom. The second-order valence-corrected chi connectivity index (χ2v) is 4.79. The number of carbonyl (C=O) groups excluding carboxylic acids is 1. The molecule has 0 saturated heterocycles. The summed E-state index contributed by atoms with van der Waals surface area (Å²) in [6.45, 7) is 2.15. The first-order chi connectivity index (χ1) is 10.1. The highest BCUT2D eigenvalue weighted by molar-refractivity contribution is 6.03. The molecule has 2 rings (SSSR count). The monoisotopic (exact) mass is 290 g/mol. The number of nitrogens with one attached hydrogen (secondary N) is 1. The number of hydrogen-bond donors (Lipinski definition) is 2. The standard InChI is InChI=1S/C15H18N2O4/c1-2-21-15(20)12-4-3-5-13(12)17-16-11-8-6-10(7-9-11)14(18)19/h6-9,12,16H,2-5H2,1H3,(H,18,19)/b17-13+. The number of hydrazone groups is 1. The van der Waals surface area contributed by atoms with Gasteiger partial charge in [0.25, 0.3) is 0 Å². The highest BCUT2D eigenvalue weighted by atomic mass is 16.5. The Morgan fingerprint density at radius 2 is 2.10 bits per heavy atom. The zero-order valence-electron chi connectivity index (χ0n) is 11.8. The molecule has 0 bridgehead atoms. The van der Waals surface area contributed by atoms with Crippen molar-refractivity contribution in [1.82, 2.24) is 0 Å². The van der Waals surface area contributed by atoms with Crippen molar-refractivity contribution in [3.05, 3.63) is 29.8 Å². The summed E-state index contributed by atoms with van der Waals surface area (Å²) in [5.74, 6) is -1.46. The zero-order chi connectivity index (χ0) is 15.2. The van der Waals surface area contributed by atoms with Crippen molar-refractivity contribution >= 4 is 23.3 Å². The Balaban J connectivity index is 2.02. The van der Waals surface area contributed by atoms with Crippen LogP contribution in [0.25, 0.3) is 0 Å². The van der Waals surface area contributed by atoms with Gasteiger partial charge in [-0.15, -0.1) is 0 Å². The third-order valence-electron chi connectivity index (χ3n) is 3.36. The van der Waals surface area contributed by atoms with Crippen molar-refractivity contribution in [3.8, 4) is 0 Å². The second kappa shape index (κ2) is 6.88. The van der Waals surface area contributed by atoms with E-state index in [9.17, 15) is 9.59 Å². The Hall–Kier alpha value is -2.37. The summed E-state index contributed by atoms with van der Waals surface area (Å²) in [6.07, 6.45) is 2.45. The Bertz CT molecular complexity index is 551. The minimum Gasteiger partial charge on any atom is -0.478 e. The van der Waals surface area contributed by atoms with E-state index in [0.29, 0.717) is 12.3 Å². The highest BCUT2D eigenvalue weighted by Crippen LogP contribution is 2.24. The molecule has 1 atom stereocenters. The minimum absolute atomic E-state index is 0.221. The van der Waals surface area contributed by atoms with Crippen LogP contribution in [0.3, 0.4) is 0 Å². The van der Waals surface area contributed by atoms with Crippen molar-refractivity contribution in [2.24, 2.45) is 11.0 Å². The summed E-state index contributed by atoms with van der Waals surface area (Å²) in [6, 6.07) is 6.29. The topological polar surface area (TPSA) is 88.0 Å². The van der Waals surface area contributed by atoms with Crippen LogP contribution in [-0.2, 0) is 9.53 Å². The molecule has 1 aromatic carbocycles. The summed E-state index contributed by atoms with van der Waals surface area (Å²) >= 11 is 0. The molecule has 0 aliphatic heterocycles. The van der Waals surface area contributed by atoms with Crippen LogP contribution in [0.15, 0.2) is 29.4 Å². The van der Waals surface area contributed by atoms with Crippen LogP contribution in [0.5, 0.6) is 0 Å². The summed E-state index contributed by atoms with van der Waals surface area (Å²) < 4.78 is 5.04. The van der Waals surface area contributed by atoms with Crippen molar-refractivity contribution in [1.29, 1.82) is 0 Å². The molecule has 112 valence electrons. The molecule has 21 heavy (non-hydrogen) atoms. The molecule has 1 fully saturated rings. The lowest BCUT2D eigenvalue weighted by atomic mass is 10.1. The van der Waals surface area contributed by atoms with Gasteiger partial charge in [-0.1, -0.05) is 0 Å². The first kappa shape index (κ1) is 15.0. The van der Waals surface area contributed by atoms with Gasteiger partial charge in [0.15, 0.2) is 0 Å². The first-order valence-electron chi connectivity index (χ1n) is 6.94. The molecule has 1 aromatic rings. The van der Waals surface area contributed by atoms with E-state index < -0.39 is 5.97 Å². The van der Waals surface area contributed by atoms with Gasteiger partial charge >= 0.3 is 11.9 Å². The number of carboxylic acid groups (broad SMARTS) is 1. The smallest absolute Gasteiger partial charge is 0.335 e. The van der Waals surface area contributed by atoms with Gasteiger partial charge in [0.1, 0.15) is 0 Å². The maximum absolute atomic E-state index is 11.8. The maximum Gasteiger partial charge on any atom is 0.335 e. The fourth-order valence-electron chi connectivity index (χ4n) is 2.28. The molecule has 0 spiro atoms. The van der Waals surface area contributed by atoms with Gasteiger partial charge in [-0.25, -0.2) is 4.79 Å². The molecule has 0 amide bonds. The van der Waals surface area contributed by atoms with Crippen LogP contribution in [0.4, 0.5) is 5.69 Å². The van der Waals surface area contributed by atoms with E-state index in [0.717, 1.165) is 25.0 Å². The van der Waals surface area contributed by atoms with Crippen LogP contribution in [0, 0.1) is 5.92 Å². The Kier molecular flexibility index (Phi) is 4.92. The van der Waals surface area contributed by atoms with Gasteiger partial charge in [-0.3, -0.25) is 10.2 Å². The molecule has 0 aromatic heterocycles. The predicted octanol–water partition coefficient (Wildman–Crippen LogP) is 2.52. The number of benzene rings is 1. The average Bonchev–Trinajstić information content (AvgIpc) is 2.94. The van der Waals surface area contributed by atoms with Gasteiger partial charge in [0.05, 0.1) is 29.5 Å². The second-order valence-electron chi connectivity index (χ2n) is 4.79. The number of aromatic carboxylic acids is 1. The summed E-state index contributed by atoms with van der Waals surface area (Å²) in [7, 11) is 0. The van der Waals surface area contributed by atoms with Crippen LogP contribution in [-0.4, -0.2) is 29.4 Å². The van der Waals surface area contributed by atoms with Crippen molar-refractivity contribution in [3.63, 3.8) is 0 Å². The van der Waals surface area contributed by atoms with Gasteiger partial charge in [-0.2, -0.15) is 5.10 Å². The average molecular weight is 290 g/mol. The SMILES string of the molecule is CCOC(=O)C1CCC/C1=N\Nc1ccc(C(=O)O)cc1. The largest absolute Gasteiger partial charge is 0.478 e. The molecular formula is C15H18N2O4. The van der Waals surface area contributed by atoms with E-state index in [4.69, 9.17) is 9.84 Å². The number of esters is 1. The van der Waals surface area contributed by atoms with Gasteiger partial charge in [0, 0.05) is 0 Å². The molecule has 1 saturated carbocycles. The third-order valence-corrected chi connectivity index (χ3v) is 3.36. The molecule has 6 heteroatoms. The molecule has 0 heterocycles. The lowest BCUT2D eigenvalue weighted by molar-refractivity contribution is -0.145. The van der Waals surface area contributed by atoms with E-state index in [1.165, 1.54) is 12.1 Å². The van der Waals surface area contributed by atoms with E-state index in [2.05, 4.69) is 10.5 Å². The third kappa shape index (κ3) is 3.81.